The Kier molecular flexibility index (Phi) is 6.65. The van der Waals surface area contributed by atoms with Gasteiger partial charge in [0.25, 0.3) is 0 Å². The molecule has 2 aromatic rings. The van der Waals surface area contributed by atoms with E-state index < -0.39 is 0 Å². The number of hydrogen-bond donors (Lipinski definition) is 1. The van der Waals surface area contributed by atoms with Crippen molar-refractivity contribution in [3.05, 3.63) is 35.6 Å². The molecule has 1 aromatic heterocycles. The second-order valence-corrected chi connectivity index (χ2v) is 6.47. The number of amides is 1. The highest BCUT2D eigenvalue weighted by molar-refractivity contribution is 5.97. The number of furan rings is 1. The maximum atomic E-state index is 12.2. The third-order valence-electron chi connectivity index (χ3n) is 4.02. The number of nitrogens with one attached hydrogen (secondary N) is 1. The van der Waals surface area contributed by atoms with Gasteiger partial charge in [-0.05, 0) is 65.0 Å². The molecule has 5 nitrogen and oxygen atoms in total. The maximum absolute atomic E-state index is 12.2. The Balaban J connectivity index is 2.18. The molecule has 0 radical (unpaired) electrons. The number of fused-ring (bicyclic) bond motifs is 1. The molecule has 0 atom stereocenters. The van der Waals surface area contributed by atoms with Crippen molar-refractivity contribution in [2.45, 2.75) is 27.2 Å². The number of hydrogen-bond acceptors (Lipinski definition) is 4. The molecule has 2 rings (SSSR count). The van der Waals surface area contributed by atoms with E-state index in [1.54, 1.807) is 12.3 Å². The Bertz CT molecular complexity index is 760. The SMILES string of the molecule is CCOc1cc2occ(C)c2cc1/C(C)=C/C(=O)NCCCN(C)C. The third-order valence-corrected chi connectivity index (χ3v) is 4.02. The minimum absolute atomic E-state index is 0.0808. The fourth-order valence-corrected chi connectivity index (χ4v) is 2.70. The zero-order chi connectivity index (χ0) is 18.4. The van der Waals surface area contributed by atoms with Gasteiger partial charge in [-0.2, -0.15) is 0 Å². The lowest BCUT2D eigenvalue weighted by atomic mass is 10.0. The Hall–Kier alpha value is -2.27. The Morgan fingerprint density at radius 2 is 2.12 bits per heavy atom. The summed E-state index contributed by atoms with van der Waals surface area (Å²) in [4.78, 5) is 14.3. The smallest absolute Gasteiger partial charge is 0.244 e. The average molecular weight is 344 g/mol. The van der Waals surface area contributed by atoms with Gasteiger partial charge in [0.2, 0.25) is 5.91 Å². The number of nitrogens with zero attached hydrogens (tertiary/aromatic N) is 1. The van der Waals surface area contributed by atoms with Gasteiger partial charge in [-0.1, -0.05) is 0 Å². The van der Waals surface area contributed by atoms with Crippen LogP contribution in [0.15, 0.2) is 28.9 Å². The minimum Gasteiger partial charge on any atom is -0.493 e. The van der Waals surface area contributed by atoms with Gasteiger partial charge in [0.05, 0.1) is 12.9 Å². The number of allylic oxidation sites excluding steroid dienone is 1. The fraction of sp³-hybridized carbons (Fsp3) is 0.450. The fourth-order valence-electron chi connectivity index (χ4n) is 2.70. The monoisotopic (exact) mass is 344 g/mol. The summed E-state index contributed by atoms with van der Waals surface area (Å²) in [6.07, 6.45) is 4.30. The quantitative estimate of drug-likeness (QED) is 0.587. The standard InChI is InChI=1S/C20H28N2O3/c1-6-24-18-12-19-17(15(3)13-25-19)11-16(18)14(2)10-20(23)21-8-7-9-22(4)5/h10-13H,6-9H2,1-5H3,(H,21,23)/b14-10+. The molecule has 0 aliphatic carbocycles. The molecule has 1 N–H and O–H groups in total. The highest BCUT2D eigenvalue weighted by Gasteiger charge is 2.12. The first-order valence-electron chi connectivity index (χ1n) is 8.68. The second-order valence-electron chi connectivity index (χ2n) is 6.47. The molecule has 1 aromatic carbocycles. The summed E-state index contributed by atoms with van der Waals surface area (Å²) >= 11 is 0. The van der Waals surface area contributed by atoms with Crippen LogP contribution in [-0.2, 0) is 4.79 Å². The topological polar surface area (TPSA) is 54.7 Å². The molecule has 0 aliphatic rings. The second kappa shape index (κ2) is 8.72. The maximum Gasteiger partial charge on any atom is 0.244 e. The number of rotatable bonds is 8. The molecule has 0 unspecified atom stereocenters. The first-order chi connectivity index (χ1) is 11.9. The molecular formula is C20H28N2O3. The number of aryl methyl sites for hydroxylation is 1. The normalized spacial score (nSPS) is 12.0. The van der Waals surface area contributed by atoms with Crippen LogP contribution in [0.25, 0.3) is 16.5 Å². The number of ether oxygens (including phenoxy) is 1. The first-order valence-corrected chi connectivity index (χ1v) is 8.68. The van der Waals surface area contributed by atoms with Crippen molar-refractivity contribution in [1.29, 1.82) is 0 Å². The van der Waals surface area contributed by atoms with Crippen LogP contribution in [0.2, 0.25) is 0 Å². The van der Waals surface area contributed by atoms with Gasteiger partial charge < -0.3 is 19.4 Å². The summed E-state index contributed by atoms with van der Waals surface area (Å²) < 4.78 is 11.3. The molecule has 1 heterocycles. The van der Waals surface area contributed by atoms with Crippen LogP contribution >= 0.6 is 0 Å². The van der Waals surface area contributed by atoms with Crippen molar-refractivity contribution in [3.8, 4) is 5.75 Å². The van der Waals surface area contributed by atoms with Gasteiger partial charge in [-0.3, -0.25) is 4.79 Å². The molecule has 0 bridgehead atoms. The lowest BCUT2D eigenvalue weighted by Gasteiger charge is -2.12. The van der Waals surface area contributed by atoms with Crippen LogP contribution in [-0.4, -0.2) is 44.6 Å². The molecule has 0 aliphatic heterocycles. The van der Waals surface area contributed by atoms with Gasteiger partial charge in [0.1, 0.15) is 11.3 Å². The van der Waals surface area contributed by atoms with E-state index in [0.717, 1.165) is 46.4 Å². The van der Waals surface area contributed by atoms with Crippen molar-refractivity contribution in [1.82, 2.24) is 10.2 Å². The van der Waals surface area contributed by atoms with Crippen molar-refractivity contribution in [3.63, 3.8) is 0 Å². The van der Waals surface area contributed by atoms with Crippen LogP contribution in [0.4, 0.5) is 0 Å². The predicted molar refractivity (Wildman–Crippen MR) is 102 cm³/mol. The molecule has 0 fully saturated rings. The summed E-state index contributed by atoms with van der Waals surface area (Å²) in [5.74, 6) is 0.654. The number of benzene rings is 1. The van der Waals surface area contributed by atoms with E-state index >= 15 is 0 Å². The summed E-state index contributed by atoms with van der Waals surface area (Å²) in [6, 6.07) is 3.93. The molecule has 136 valence electrons. The summed E-state index contributed by atoms with van der Waals surface area (Å²) in [7, 11) is 4.05. The van der Waals surface area contributed by atoms with Crippen LogP contribution in [0.1, 0.15) is 31.4 Å². The molecule has 25 heavy (non-hydrogen) atoms. The Labute approximate surface area is 149 Å². The van der Waals surface area contributed by atoms with Crippen LogP contribution in [0.5, 0.6) is 5.75 Å². The van der Waals surface area contributed by atoms with E-state index in [-0.39, 0.29) is 5.91 Å². The van der Waals surface area contributed by atoms with Crippen molar-refractivity contribution in [2.24, 2.45) is 0 Å². The van der Waals surface area contributed by atoms with Crippen LogP contribution in [0.3, 0.4) is 0 Å². The number of carbonyl (C=O) groups is 1. The minimum atomic E-state index is -0.0808. The van der Waals surface area contributed by atoms with E-state index in [1.807, 2.05) is 47.0 Å². The number of carbonyl (C=O) groups excluding carboxylic acids is 1. The van der Waals surface area contributed by atoms with Crippen molar-refractivity contribution >= 4 is 22.4 Å². The largest absolute Gasteiger partial charge is 0.493 e. The van der Waals surface area contributed by atoms with E-state index in [0.29, 0.717) is 13.2 Å². The molecule has 0 saturated heterocycles. The lowest BCUT2D eigenvalue weighted by molar-refractivity contribution is -0.116. The molecule has 1 amide bonds. The van der Waals surface area contributed by atoms with E-state index in [2.05, 4.69) is 10.2 Å². The Morgan fingerprint density at radius 1 is 1.36 bits per heavy atom. The van der Waals surface area contributed by atoms with Crippen molar-refractivity contribution < 1.29 is 13.9 Å². The first kappa shape index (κ1) is 19.1. The molecule has 0 spiro atoms. The molecular weight excluding hydrogens is 316 g/mol. The van der Waals surface area contributed by atoms with Gasteiger partial charge in [-0.15, -0.1) is 0 Å². The van der Waals surface area contributed by atoms with Gasteiger partial charge in [0.15, 0.2) is 0 Å². The summed E-state index contributed by atoms with van der Waals surface area (Å²) in [6.45, 7) is 8.05. The highest BCUT2D eigenvalue weighted by atomic mass is 16.5. The van der Waals surface area contributed by atoms with Crippen LogP contribution in [0, 0.1) is 6.92 Å². The highest BCUT2D eigenvalue weighted by Crippen LogP contribution is 2.33. The van der Waals surface area contributed by atoms with Gasteiger partial charge in [-0.25, -0.2) is 0 Å². The van der Waals surface area contributed by atoms with Crippen molar-refractivity contribution in [2.75, 3.05) is 33.8 Å². The Morgan fingerprint density at radius 3 is 2.80 bits per heavy atom. The zero-order valence-electron chi connectivity index (χ0n) is 15.8. The third kappa shape index (κ3) is 5.10. The lowest BCUT2D eigenvalue weighted by Crippen LogP contribution is -2.25. The van der Waals surface area contributed by atoms with Gasteiger partial charge in [0, 0.05) is 29.6 Å². The van der Waals surface area contributed by atoms with Gasteiger partial charge >= 0.3 is 0 Å². The predicted octanol–water partition coefficient (Wildman–Crippen LogP) is 3.61. The summed E-state index contributed by atoms with van der Waals surface area (Å²) in [5, 5.41) is 3.97. The molecule has 0 saturated carbocycles. The zero-order valence-corrected chi connectivity index (χ0v) is 15.8. The van der Waals surface area contributed by atoms with E-state index in [4.69, 9.17) is 9.15 Å². The average Bonchev–Trinajstić information content (AvgIpc) is 2.91. The van der Waals surface area contributed by atoms with Crippen LogP contribution < -0.4 is 10.1 Å². The van der Waals surface area contributed by atoms with E-state index in [9.17, 15) is 4.79 Å². The summed E-state index contributed by atoms with van der Waals surface area (Å²) in [5.41, 5.74) is 3.66. The van der Waals surface area contributed by atoms with E-state index in [1.165, 1.54) is 0 Å². The molecule has 5 heteroatoms.